The summed E-state index contributed by atoms with van der Waals surface area (Å²) in [7, 11) is 0. The van der Waals surface area contributed by atoms with Crippen LogP contribution in [0.15, 0.2) is 24.3 Å². The van der Waals surface area contributed by atoms with E-state index >= 15 is 0 Å². The number of esters is 1. The van der Waals surface area contributed by atoms with Crippen molar-refractivity contribution in [2.24, 2.45) is 5.92 Å². The lowest BCUT2D eigenvalue weighted by Crippen LogP contribution is -2.47. The fourth-order valence-electron chi connectivity index (χ4n) is 3.82. The first kappa shape index (κ1) is 20.0. The molecule has 28 heavy (non-hydrogen) atoms. The zero-order valence-electron chi connectivity index (χ0n) is 16.3. The Morgan fingerprint density at radius 2 is 1.68 bits per heavy atom. The number of ether oxygens (including phenoxy) is 1. The number of nitrogens with one attached hydrogen (secondary N) is 1. The lowest BCUT2D eigenvalue weighted by Gasteiger charge is -2.26. The van der Waals surface area contributed by atoms with Crippen molar-refractivity contribution in [2.75, 3.05) is 6.61 Å². The third-order valence-corrected chi connectivity index (χ3v) is 5.17. The van der Waals surface area contributed by atoms with Crippen LogP contribution in [0.4, 0.5) is 0 Å². The van der Waals surface area contributed by atoms with Crippen molar-refractivity contribution in [3.8, 4) is 0 Å². The maximum absolute atomic E-state index is 12.7. The van der Waals surface area contributed by atoms with Crippen LogP contribution in [0.1, 0.15) is 66.7 Å². The summed E-state index contributed by atoms with van der Waals surface area (Å²) in [4.78, 5) is 51.2. The zero-order valence-corrected chi connectivity index (χ0v) is 16.3. The number of nitrogens with zero attached hydrogens (tertiary/aromatic N) is 1. The summed E-state index contributed by atoms with van der Waals surface area (Å²) in [6.07, 6.45) is 4.31. The molecule has 1 saturated carbocycles. The predicted octanol–water partition coefficient (Wildman–Crippen LogP) is 2.30. The molecule has 1 aromatic rings. The van der Waals surface area contributed by atoms with E-state index in [4.69, 9.17) is 4.74 Å². The lowest BCUT2D eigenvalue weighted by molar-refractivity contribution is -0.153. The van der Waals surface area contributed by atoms with Crippen molar-refractivity contribution in [1.82, 2.24) is 10.2 Å². The largest absolute Gasteiger partial charge is 0.454 e. The molecule has 1 heterocycles. The Morgan fingerprint density at radius 1 is 1.11 bits per heavy atom. The summed E-state index contributed by atoms with van der Waals surface area (Å²) in [6.45, 7) is 3.38. The van der Waals surface area contributed by atoms with E-state index in [1.165, 1.54) is 0 Å². The highest BCUT2D eigenvalue weighted by atomic mass is 16.5. The van der Waals surface area contributed by atoms with Crippen LogP contribution < -0.4 is 5.32 Å². The highest BCUT2D eigenvalue weighted by Gasteiger charge is 2.43. The van der Waals surface area contributed by atoms with Crippen molar-refractivity contribution in [1.29, 1.82) is 0 Å². The second-order valence-electron chi connectivity index (χ2n) is 7.83. The van der Waals surface area contributed by atoms with Gasteiger partial charge >= 0.3 is 5.97 Å². The molecule has 7 heteroatoms. The fraction of sp³-hybridized carbons (Fsp3) is 0.524. The number of carbonyl (C=O) groups is 4. The molecule has 1 aromatic carbocycles. The van der Waals surface area contributed by atoms with Crippen LogP contribution in [0.2, 0.25) is 0 Å². The molecule has 0 saturated heterocycles. The summed E-state index contributed by atoms with van der Waals surface area (Å²) < 4.78 is 5.19. The number of benzene rings is 1. The van der Waals surface area contributed by atoms with Crippen molar-refractivity contribution in [2.45, 2.75) is 58.0 Å². The first-order valence-electron chi connectivity index (χ1n) is 9.81. The minimum Gasteiger partial charge on any atom is -0.454 e. The van der Waals surface area contributed by atoms with Crippen molar-refractivity contribution >= 4 is 23.7 Å². The van der Waals surface area contributed by atoms with E-state index < -0.39 is 30.4 Å². The predicted molar refractivity (Wildman–Crippen MR) is 102 cm³/mol. The second kappa shape index (κ2) is 8.54. The Kier molecular flexibility index (Phi) is 6.11. The van der Waals surface area contributed by atoms with Crippen LogP contribution in [0.5, 0.6) is 0 Å². The normalized spacial score (nSPS) is 17.8. The van der Waals surface area contributed by atoms with E-state index in [0.29, 0.717) is 0 Å². The van der Waals surface area contributed by atoms with Crippen molar-refractivity contribution in [3.63, 3.8) is 0 Å². The van der Waals surface area contributed by atoms with E-state index in [0.717, 1.165) is 30.6 Å². The van der Waals surface area contributed by atoms with Crippen LogP contribution in [0.25, 0.3) is 0 Å². The summed E-state index contributed by atoms with van der Waals surface area (Å²) in [5, 5.41) is 2.85. The molecule has 0 spiro atoms. The summed E-state index contributed by atoms with van der Waals surface area (Å²) in [5.74, 6) is -2.04. The number of hydrogen-bond donors (Lipinski definition) is 1. The number of hydrogen-bond acceptors (Lipinski definition) is 5. The number of rotatable bonds is 7. The van der Waals surface area contributed by atoms with Gasteiger partial charge in [0.1, 0.15) is 6.04 Å². The van der Waals surface area contributed by atoms with E-state index in [-0.39, 0.29) is 35.4 Å². The lowest BCUT2D eigenvalue weighted by atomic mass is 10.0. The summed E-state index contributed by atoms with van der Waals surface area (Å²) in [6, 6.07) is 5.58. The molecule has 1 unspecified atom stereocenters. The standard InChI is InChI=1S/C21H26N2O5/c1-13(2)11-17(21(27)28-12-18(24)22-14-7-3-4-8-14)23-19(25)15-9-5-6-10-16(15)20(23)26/h5-6,9-10,13-14,17H,3-4,7-8,11-12H2,1-2H3,(H,22,24). The third kappa shape index (κ3) is 4.24. The van der Waals surface area contributed by atoms with Crippen LogP contribution in [0.3, 0.4) is 0 Å². The van der Waals surface area contributed by atoms with Gasteiger partial charge in [0.15, 0.2) is 6.61 Å². The number of fused-ring (bicyclic) bond motifs is 1. The minimum absolute atomic E-state index is 0.0502. The molecule has 3 rings (SSSR count). The molecule has 0 radical (unpaired) electrons. The second-order valence-corrected chi connectivity index (χ2v) is 7.83. The molecular formula is C21H26N2O5. The van der Waals surface area contributed by atoms with Gasteiger partial charge in [-0.05, 0) is 37.3 Å². The monoisotopic (exact) mass is 386 g/mol. The van der Waals surface area contributed by atoms with Gasteiger partial charge in [-0.25, -0.2) is 4.79 Å². The third-order valence-electron chi connectivity index (χ3n) is 5.17. The molecule has 0 aromatic heterocycles. The molecule has 1 fully saturated rings. The first-order valence-corrected chi connectivity index (χ1v) is 9.81. The van der Waals surface area contributed by atoms with E-state index in [1.54, 1.807) is 24.3 Å². The Labute approximate surface area is 164 Å². The number of imide groups is 1. The minimum atomic E-state index is -1.05. The Morgan fingerprint density at radius 3 is 2.21 bits per heavy atom. The van der Waals surface area contributed by atoms with Gasteiger partial charge in [0.25, 0.3) is 17.7 Å². The molecule has 3 amide bonds. The molecule has 0 bridgehead atoms. The average Bonchev–Trinajstić information content (AvgIpc) is 3.25. The van der Waals surface area contributed by atoms with Gasteiger partial charge in [-0.2, -0.15) is 0 Å². The van der Waals surface area contributed by atoms with Gasteiger partial charge in [-0.1, -0.05) is 38.8 Å². The highest BCUT2D eigenvalue weighted by molar-refractivity contribution is 6.22. The molecule has 1 N–H and O–H groups in total. The molecule has 1 aliphatic heterocycles. The Balaban J connectivity index is 1.68. The van der Waals surface area contributed by atoms with E-state index in [9.17, 15) is 19.2 Å². The SMILES string of the molecule is CC(C)CC(C(=O)OCC(=O)NC1CCCC1)N1C(=O)c2ccccc2C1=O. The topological polar surface area (TPSA) is 92.8 Å². The van der Waals surface area contributed by atoms with E-state index in [1.807, 2.05) is 13.8 Å². The van der Waals surface area contributed by atoms with Gasteiger partial charge in [0.2, 0.25) is 0 Å². The van der Waals surface area contributed by atoms with Crippen molar-refractivity contribution in [3.05, 3.63) is 35.4 Å². The molecule has 7 nitrogen and oxygen atoms in total. The summed E-state index contributed by atoms with van der Waals surface area (Å²) >= 11 is 0. The van der Waals surface area contributed by atoms with Gasteiger partial charge in [-0.15, -0.1) is 0 Å². The van der Waals surface area contributed by atoms with Crippen LogP contribution in [-0.2, 0) is 14.3 Å². The fourth-order valence-corrected chi connectivity index (χ4v) is 3.82. The van der Waals surface area contributed by atoms with Crippen LogP contribution >= 0.6 is 0 Å². The summed E-state index contributed by atoms with van der Waals surface area (Å²) in [5.41, 5.74) is 0.570. The van der Waals surface area contributed by atoms with E-state index in [2.05, 4.69) is 5.32 Å². The molecule has 150 valence electrons. The van der Waals surface area contributed by atoms with Gasteiger partial charge in [0.05, 0.1) is 11.1 Å². The molecule has 1 aliphatic carbocycles. The zero-order chi connectivity index (χ0) is 20.3. The van der Waals surface area contributed by atoms with Gasteiger partial charge in [-0.3, -0.25) is 19.3 Å². The van der Waals surface area contributed by atoms with Gasteiger partial charge < -0.3 is 10.1 Å². The quantitative estimate of drug-likeness (QED) is 0.573. The average molecular weight is 386 g/mol. The van der Waals surface area contributed by atoms with Crippen LogP contribution in [0, 0.1) is 5.92 Å². The maximum atomic E-state index is 12.7. The number of carbonyl (C=O) groups excluding carboxylic acids is 4. The highest BCUT2D eigenvalue weighted by Crippen LogP contribution is 2.27. The molecule has 2 aliphatic rings. The molecule has 1 atom stereocenters. The maximum Gasteiger partial charge on any atom is 0.329 e. The Bertz CT molecular complexity index is 748. The van der Waals surface area contributed by atoms with Crippen molar-refractivity contribution < 1.29 is 23.9 Å². The number of amides is 3. The van der Waals surface area contributed by atoms with Gasteiger partial charge in [0, 0.05) is 6.04 Å². The first-order chi connectivity index (χ1) is 13.4. The smallest absolute Gasteiger partial charge is 0.329 e. The van der Waals surface area contributed by atoms with Crippen LogP contribution in [-0.4, -0.2) is 47.3 Å². The molecular weight excluding hydrogens is 360 g/mol. The Hall–Kier alpha value is -2.70.